The van der Waals surface area contributed by atoms with Crippen LogP contribution in [0.4, 0.5) is 8.78 Å². The van der Waals surface area contributed by atoms with Gasteiger partial charge in [0.25, 0.3) is 11.8 Å². The van der Waals surface area contributed by atoms with Gasteiger partial charge in [0.05, 0.1) is 21.7 Å². The minimum Gasteiger partial charge on any atom is -0.404 e. The second-order valence-electron chi connectivity index (χ2n) is 6.27. The quantitative estimate of drug-likeness (QED) is 0.695. The fraction of sp³-hybridized carbons (Fsp3) is 0.444. The first-order chi connectivity index (χ1) is 12.8. The molecule has 0 bridgehead atoms. The lowest BCUT2D eigenvalue weighted by Crippen LogP contribution is -2.50. The summed E-state index contributed by atoms with van der Waals surface area (Å²) < 4.78 is 27.0. The highest BCUT2D eigenvalue weighted by atomic mass is 35.5. The zero-order valence-corrected chi connectivity index (χ0v) is 16.4. The summed E-state index contributed by atoms with van der Waals surface area (Å²) in [4.78, 5) is 18.3. The van der Waals surface area contributed by atoms with Crippen LogP contribution in [0.2, 0.25) is 10.0 Å². The van der Waals surface area contributed by atoms with Crippen LogP contribution in [0.5, 0.6) is 0 Å². The predicted octanol–water partition coefficient (Wildman–Crippen LogP) is 3.37. The van der Waals surface area contributed by atoms with Gasteiger partial charge in [-0.05, 0) is 12.1 Å². The summed E-state index contributed by atoms with van der Waals surface area (Å²) in [7, 11) is 1.59. The van der Waals surface area contributed by atoms with E-state index in [1.807, 2.05) is 4.90 Å². The van der Waals surface area contributed by atoms with E-state index in [1.54, 1.807) is 31.5 Å². The van der Waals surface area contributed by atoms with Crippen molar-refractivity contribution < 1.29 is 13.6 Å². The number of rotatable bonds is 6. The molecule has 0 spiro atoms. The van der Waals surface area contributed by atoms with Crippen molar-refractivity contribution in [3.8, 4) is 0 Å². The molecule has 1 heterocycles. The summed E-state index contributed by atoms with van der Waals surface area (Å²) in [6, 6.07) is 4.40. The van der Waals surface area contributed by atoms with Crippen molar-refractivity contribution in [1.29, 1.82) is 0 Å². The highest BCUT2D eigenvalue weighted by molar-refractivity contribution is 6.43. The molecule has 1 aliphatic rings. The van der Waals surface area contributed by atoms with Gasteiger partial charge in [0.15, 0.2) is 0 Å². The Bertz CT molecular complexity index is 730. The monoisotopic (exact) mass is 418 g/mol. The lowest BCUT2D eigenvalue weighted by atomic mass is 10.0. The molecule has 1 aromatic rings. The van der Waals surface area contributed by atoms with Crippen molar-refractivity contribution in [2.24, 2.45) is 10.7 Å². The van der Waals surface area contributed by atoms with Gasteiger partial charge in [-0.15, -0.1) is 0 Å². The van der Waals surface area contributed by atoms with Crippen LogP contribution in [-0.2, 0) is 0 Å². The smallest absolute Gasteiger partial charge is 0.252 e. The van der Waals surface area contributed by atoms with E-state index in [9.17, 15) is 13.6 Å². The number of halogens is 4. The van der Waals surface area contributed by atoms with Crippen molar-refractivity contribution in [3.63, 3.8) is 0 Å². The molecule has 0 saturated carbocycles. The van der Waals surface area contributed by atoms with Crippen molar-refractivity contribution in [1.82, 2.24) is 10.2 Å². The number of nitrogens with zero attached hydrogens (tertiary/aromatic N) is 2. The highest BCUT2D eigenvalue weighted by Crippen LogP contribution is 2.29. The van der Waals surface area contributed by atoms with Crippen LogP contribution in [0.1, 0.15) is 23.2 Å². The van der Waals surface area contributed by atoms with Crippen molar-refractivity contribution in [3.05, 3.63) is 45.6 Å². The maximum Gasteiger partial charge on any atom is 0.252 e. The van der Waals surface area contributed by atoms with Gasteiger partial charge in [-0.1, -0.05) is 29.3 Å². The Morgan fingerprint density at radius 1 is 1.41 bits per heavy atom. The first-order valence-corrected chi connectivity index (χ1v) is 9.22. The average Bonchev–Trinajstić information content (AvgIpc) is 2.63. The number of hydrogen-bond acceptors (Lipinski definition) is 4. The fourth-order valence-electron chi connectivity index (χ4n) is 2.97. The normalized spacial score (nSPS) is 19.2. The number of amides is 1. The summed E-state index contributed by atoms with van der Waals surface area (Å²) in [5, 5.41) is 3.23. The largest absolute Gasteiger partial charge is 0.404 e. The highest BCUT2D eigenvalue weighted by Gasteiger charge is 2.37. The van der Waals surface area contributed by atoms with Gasteiger partial charge in [-0.3, -0.25) is 14.7 Å². The minimum absolute atomic E-state index is 0.163. The number of carbonyl (C=O) groups excluding carboxylic acids is 1. The molecule has 1 aliphatic heterocycles. The zero-order chi connectivity index (χ0) is 20.0. The first kappa shape index (κ1) is 21.6. The van der Waals surface area contributed by atoms with Crippen molar-refractivity contribution in [2.45, 2.75) is 24.8 Å². The average molecular weight is 419 g/mol. The lowest BCUT2D eigenvalue weighted by molar-refractivity contribution is -0.0598. The van der Waals surface area contributed by atoms with Gasteiger partial charge in [0, 0.05) is 57.5 Å². The van der Waals surface area contributed by atoms with Crippen molar-refractivity contribution >= 4 is 35.3 Å². The van der Waals surface area contributed by atoms with Gasteiger partial charge in [0.2, 0.25) is 0 Å². The van der Waals surface area contributed by atoms with Gasteiger partial charge in [-0.2, -0.15) is 0 Å². The minimum atomic E-state index is -2.66. The number of hydrogen-bond donors (Lipinski definition) is 2. The number of aliphatic imine (C=N–C) groups is 1. The topological polar surface area (TPSA) is 70.7 Å². The van der Waals surface area contributed by atoms with Crippen LogP contribution in [0.15, 0.2) is 35.0 Å². The Hall–Kier alpha value is -1.70. The van der Waals surface area contributed by atoms with Gasteiger partial charge in [0.1, 0.15) is 0 Å². The maximum atomic E-state index is 13.5. The summed E-state index contributed by atoms with van der Waals surface area (Å²) in [6.07, 6.45) is 2.47. The van der Waals surface area contributed by atoms with E-state index in [2.05, 4.69) is 10.3 Å². The number of likely N-dealkylation sites (tertiary alicyclic amines) is 1. The third-order valence-corrected chi connectivity index (χ3v) is 5.30. The van der Waals surface area contributed by atoms with Crippen LogP contribution >= 0.6 is 23.2 Å². The number of piperidine rings is 1. The number of benzene rings is 1. The molecule has 9 heteroatoms. The molecule has 1 saturated heterocycles. The zero-order valence-electron chi connectivity index (χ0n) is 14.9. The molecule has 0 aliphatic carbocycles. The van der Waals surface area contributed by atoms with E-state index in [0.29, 0.717) is 5.57 Å². The molecule has 1 unspecified atom stereocenters. The summed E-state index contributed by atoms with van der Waals surface area (Å²) in [5.41, 5.74) is 6.59. The van der Waals surface area contributed by atoms with E-state index >= 15 is 0 Å². The summed E-state index contributed by atoms with van der Waals surface area (Å²) >= 11 is 12.0. The SMILES string of the molecule is CN=CC(=CN)C(CNC(=O)c1cccc(Cl)c1Cl)N1CCC(F)(F)CC1. The van der Waals surface area contributed by atoms with E-state index in [-0.39, 0.29) is 54.1 Å². The Morgan fingerprint density at radius 3 is 2.67 bits per heavy atom. The van der Waals surface area contributed by atoms with Crippen molar-refractivity contribution in [2.75, 3.05) is 26.7 Å². The number of nitrogens with one attached hydrogen (secondary N) is 1. The predicted molar refractivity (Wildman–Crippen MR) is 105 cm³/mol. The molecular formula is C18H22Cl2F2N4O. The van der Waals surface area contributed by atoms with E-state index < -0.39 is 11.8 Å². The molecule has 27 heavy (non-hydrogen) atoms. The molecule has 1 amide bonds. The summed E-state index contributed by atoms with van der Waals surface area (Å²) in [6.45, 7) is 0.559. The lowest BCUT2D eigenvalue weighted by Gasteiger charge is -2.37. The van der Waals surface area contributed by atoms with E-state index in [1.165, 1.54) is 6.20 Å². The Labute approximate surface area is 167 Å². The van der Waals surface area contributed by atoms with E-state index in [0.717, 1.165) is 0 Å². The van der Waals surface area contributed by atoms with Crippen LogP contribution in [0, 0.1) is 0 Å². The third-order valence-electron chi connectivity index (χ3n) is 4.48. The number of alkyl halides is 2. The van der Waals surface area contributed by atoms with Gasteiger partial charge in [-0.25, -0.2) is 8.78 Å². The molecule has 148 valence electrons. The number of nitrogens with two attached hydrogens (primary N) is 1. The second kappa shape index (κ2) is 9.48. The third kappa shape index (κ3) is 5.64. The fourth-order valence-corrected chi connectivity index (χ4v) is 3.36. The Morgan fingerprint density at radius 2 is 2.07 bits per heavy atom. The standard InChI is InChI=1S/C18H22Cl2F2N4O/c1-24-10-12(9-23)15(26-7-5-18(21,22)6-8-26)11-25-17(27)13-3-2-4-14(19)16(13)20/h2-4,9-10,15H,5-8,11,23H2,1H3,(H,25,27). The molecule has 3 N–H and O–H groups in total. The second-order valence-corrected chi connectivity index (χ2v) is 7.06. The van der Waals surface area contributed by atoms with Crippen LogP contribution in [-0.4, -0.2) is 55.7 Å². The molecule has 0 radical (unpaired) electrons. The Kier molecular flexibility index (Phi) is 7.59. The van der Waals surface area contributed by atoms with E-state index in [4.69, 9.17) is 28.9 Å². The van der Waals surface area contributed by atoms with Crippen LogP contribution < -0.4 is 11.1 Å². The molecule has 2 rings (SSSR count). The summed E-state index contributed by atoms with van der Waals surface area (Å²) in [5.74, 6) is -3.07. The number of carbonyl (C=O) groups is 1. The van der Waals surface area contributed by atoms with Gasteiger partial charge < -0.3 is 11.1 Å². The molecule has 0 aromatic heterocycles. The molecule has 1 aromatic carbocycles. The first-order valence-electron chi connectivity index (χ1n) is 8.47. The molecule has 1 fully saturated rings. The van der Waals surface area contributed by atoms with Gasteiger partial charge >= 0.3 is 0 Å². The Balaban J connectivity index is 2.14. The molecule has 1 atom stereocenters. The van der Waals surface area contributed by atoms with Crippen LogP contribution in [0.3, 0.4) is 0 Å². The molecule has 5 nitrogen and oxygen atoms in total. The molecular weight excluding hydrogens is 397 g/mol. The maximum absolute atomic E-state index is 13.5. The van der Waals surface area contributed by atoms with Crippen LogP contribution in [0.25, 0.3) is 0 Å².